The Balaban J connectivity index is 1.58. The number of unbranched alkanes of at least 4 members (excludes halogenated alkanes) is 2. The van der Waals surface area contributed by atoms with E-state index in [1.165, 1.54) is 64.4 Å². The Labute approximate surface area is 237 Å². The van der Waals surface area contributed by atoms with Crippen molar-refractivity contribution in [3.05, 3.63) is 127 Å². The fraction of sp³-hybridized carbons (Fsp3) is 0.243. The smallest absolute Gasteiger partial charge is 0.0702 e. The van der Waals surface area contributed by atoms with Crippen molar-refractivity contribution in [2.75, 3.05) is 0 Å². The molecule has 0 spiro atoms. The van der Waals surface area contributed by atoms with Crippen molar-refractivity contribution in [3.63, 3.8) is 0 Å². The summed E-state index contributed by atoms with van der Waals surface area (Å²) in [5, 5.41) is 2.53. The molecule has 0 aliphatic rings. The largest absolute Gasteiger partial charge is 0.309 e. The first-order valence-corrected chi connectivity index (χ1v) is 14.7. The topological polar surface area (TPSA) is 30.7 Å². The average molecular weight is 524 g/mol. The van der Waals surface area contributed by atoms with Crippen LogP contribution in [-0.4, -0.2) is 14.5 Å². The van der Waals surface area contributed by atoms with Crippen molar-refractivity contribution in [3.8, 4) is 16.9 Å². The zero-order valence-corrected chi connectivity index (χ0v) is 23.6. The second kappa shape index (κ2) is 11.5. The molecular formula is C37H37N3. The molecule has 0 bridgehead atoms. The highest BCUT2D eigenvalue weighted by Crippen LogP contribution is 2.42. The summed E-state index contributed by atoms with van der Waals surface area (Å²) in [5.41, 5.74) is 8.17. The summed E-state index contributed by atoms with van der Waals surface area (Å²) in [6.07, 6.45) is 10.7. The standard InChI is InChI=1S/C37H37N3/c1-3-5-22-37(23-6-4-2,36-19-10-12-25-39-36)29-14-13-15-30(27-29)40-34-18-8-7-16-31(34)32-21-20-28(26-35(32)40)33-17-9-11-24-38-33/h7-21,24-27H,3-6,22-23H2,1-2H3. The minimum Gasteiger partial charge on any atom is -0.309 e. The molecule has 0 saturated heterocycles. The third kappa shape index (κ3) is 4.70. The van der Waals surface area contributed by atoms with Crippen LogP contribution in [0.3, 0.4) is 0 Å². The number of hydrogen-bond donors (Lipinski definition) is 0. The third-order valence-corrected chi connectivity index (χ3v) is 8.36. The van der Waals surface area contributed by atoms with E-state index >= 15 is 0 Å². The minimum atomic E-state index is -0.110. The molecule has 6 aromatic rings. The number of hydrogen-bond acceptors (Lipinski definition) is 2. The van der Waals surface area contributed by atoms with Gasteiger partial charge in [0, 0.05) is 39.8 Å². The second-order valence-corrected chi connectivity index (χ2v) is 10.9. The van der Waals surface area contributed by atoms with Crippen LogP contribution in [0.5, 0.6) is 0 Å². The molecule has 0 fully saturated rings. The lowest BCUT2D eigenvalue weighted by molar-refractivity contribution is 0.396. The Morgan fingerprint density at radius 2 is 1.35 bits per heavy atom. The predicted molar refractivity (Wildman–Crippen MR) is 168 cm³/mol. The van der Waals surface area contributed by atoms with Crippen LogP contribution in [0.2, 0.25) is 0 Å². The number of aromatic nitrogens is 3. The lowest BCUT2D eigenvalue weighted by Crippen LogP contribution is -2.29. The number of nitrogens with zero attached hydrogens (tertiary/aromatic N) is 3. The monoisotopic (exact) mass is 523 g/mol. The molecule has 3 nitrogen and oxygen atoms in total. The molecule has 3 aromatic heterocycles. The number of rotatable bonds is 10. The van der Waals surface area contributed by atoms with Gasteiger partial charge in [-0.05, 0) is 66.9 Å². The molecule has 3 heterocycles. The Hall–Kier alpha value is -4.24. The molecule has 0 amide bonds. The molecule has 0 atom stereocenters. The van der Waals surface area contributed by atoms with Gasteiger partial charge in [0.15, 0.2) is 0 Å². The first-order chi connectivity index (χ1) is 19.7. The molecular weight excluding hydrogens is 486 g/mol. The molecule has 0 radical (unpaired) electrons. The van der Waals surface area contributed by atoms with Gasteiger partial charge >= 0.3 is 0 Å². The van der Waals surface area contributed by atoms with Crippen LogP contribution in [0.25, 0.3) is 38.8 Å². The van der Waals surface area contributed by atoms with Crippen LogP contribution in [0.1, 0.15) is 63.6 Å². The number of fused-ring (bicyclic) bond motifs is 3. The Bertz CT molecular complexity index is 1710. The summed E-state index contributed by atoms with van der Waals surface area (Å²) in [7, 11) is 0. The van der Waals surface area contributed by atoms with E-state index in [-0.39, 0.29) is 5.41 Å². The lowest BCUT2D eigenvalue weighted by atomic mass is 9.70. The summed E-state index contributed by atoms with van der Waals surface area (Å²) in [6, 6.07) is 37.3. The van der Waals surface area contributed by atoms with Gasteiger partial charge in [-0.2, -0.15) is 0 Å². The average Bonchev–Trinajstić information content (AvgIpc) is 3.36. The van der Waals surface area contributed by atoms with E-state index in [2.05, 4.69) is 114 Å². The van der Waals surface area contributed by atoms with Crippen molar-refractivity contribution in [1.82, 2.24) is 14.5 Å². The van der Waals surface area contributed by atoms with Gasteiger partial charge in [0.25, 0.3) is 0 Å². The fourth-order valence-corrected chi connectivity index (χ4v) is 6.30. The molecule has 0 N–H and O–H groups in total. The summed E-state index contributed by atoms with van der Waals surface area (Å²) < 4.78 is 2.43. The zero-order valence-electron chi connectivity index (χ0n) is 23.6. The van der Waals surface area contributed by atoms with Crippen molar-refractivity contribution in [2.45, 2.75) is 57.8 Å². The van der Waals surface area contributed by atoms with Gasteiger partial charge in [0.1, 0.15) is 0 Å². The van der Waals surface area contributed by atoms with Gasteiger partial charge in [-0.3, -0.25) is 9.97 Å². The van der Waals surface area contributed by atoms with Gasteiger partial charge in [-0.15, -0.1) is 0 Å². The Morgan fingerprint density at radius 1 is 0.625 bits per heavy atom. The van der Waals surface area contributed by atoms with E-state index in [1.54, 1.807) is 0 Å². The highest BCUT2D eigenvalue weighted by Gasteiger charge is 2.34. The Kier molecular flexibility index (Phi) is 7.46. The molecule has 6 rings (SSSR count). The zero-order chi connectivity index (χ0) is 27.4. The van der Waals surface area contributed by atoms with Crippen molar-refractivity contribution >= 4 is 21.8 Å². The lowest BCUT2D eigenvalue weighted by Gasteiger charge is -2.35. The molecule has 3 aromatic carbocycles. The van der Waals surface area contributed by atoms with Gasteiger partial charge in [0.2, 0.25) is 0 Å². The first kappa shape index (κ1) is 26.0. The molecule has 0 aliphatic carbocycles. The first-order valence-electron chi connectivity index (χ1n) is 14.7. The SMILES string of the molecule is CCCCC(CCCC)(c1cccc(-n2c3ccccc3c3ccc(-c4ccccn4)cc32)c1)c1ccccn1. The predicted octanol–water partition coefficient (Wildman–Crippen LogP) is 9.91. The molecule has 0 aliphatic heterocycles. The number of pyridine rings is 2. The van der Waals surface area contributed by atoms with Crippen LogP contribution in [0.4, 0.5) is 0 Å². The summed E-state index contributed by atoms with van der Waals surface area (Å²) in [5.74, 6) is 0. The maximum Gasteiger partial charge on any atom is 0.0702 e. The van der Waals surface area contributed by atoms with Crippen molar-refractivity contribution in [2.24, 2.45) is 0 Å². The van der Waals surface area contributed by atoms with Crippen LogP contribution in [-0.2, 0) is 5.41 Å². The van der Waals surface area contributed by atoms with E-state index in [0.29, 0.717) is 0 Å². The summed E-state index contributed by atoms with van der Waals surface area (Å²) in [4.78, 5) is 9.59. The van der Waals surface area contributed by atoms with Crippen LogP contribution in [0.15, 0.2) is 116 Å². The van der Waals surface area contributed by atoms with Gasteiger partial charge in [-0.1, -0.05) is 94.1 Å². The number of para-hydroxylation sites is 1. The normalized spacial score (nSPS) is 11.8. The molecule has 0 saturated carbocycles. The van der Waals surface area contributed by atoms with E-state index in [0.717, 1.165) is 24.1 Å². The van der Waals surface area contributed by atoms with Crippen LogP contribution >= 0.6 is 0 Å². The van der Waals surface area contributed by atoms with E-state index in [4.69, 9.17) is 4.98 Å². The van der Waals surface area contributed by atoms with Crippen LogP contribution < -0.4 is 0 Å². The highest BCUT2D eigenvalue weighted by atomic mass is 15.0. The summed E-state index contributed by atoms with van der Waals surface area (Å²) >= 11 is 0. The van der Waals surface area contributed by atoms with E-state index in [1.807, 2.05) is 24.5 Å². The van der Waals surface area contributed by atoms with E-state index < -0.39 is 0 Å². The van der Waals surface area contributed by atoms with Crippen LogP contribution in [0, 0.1) is 0 Å². The molecule has 200 valence electrons. The number of benzene rings is 3. The maximum absolute atomic E-state index is 4.96. The summed E-state index contributed by atoms with van der Waals surface area (Å²) in [6.45, 7) is 4.58. The van der Waals surface area contributed by atoms with Gasteiger partial charge < -0.3 is 4.57 Å². The highest BCUT2D eigenvalue weighted by molar-refractivity contribution is 6.10. The third-order valence-electron chi connectivity index (χ3n) is 8.36. The maximum atomic E-state index is 4.96. The van der Waals surface area contributed by atoms with Crippen molar-refractivity contribution < 1.29 is 0 Å². The van der Waals surface area contributed by atoms with Gasteiger partial charge in [0.05, 0.1) is 22.4 Å². The molecule has 3 heteroatoms. The van der Waals surface area contributed by atoms with Crippen molar-refractivity contribution in [1.29, 1.82) is 0 Å². The molecule has 0 unspecified atom stereocenters. The molecule has 40 heavy (non-hydrogen) atoms. The Morgan fingerprint density at radius 3 is 2.08 bits per heavy atom. The quantitative estimate of drug-likeness (QED) is 0.179. The second-order valence-electron chi connectivity index (χ2n) is 10.9. The fourth-order valence-electron chi connectivity index (χ4n) is 6.30. The van der Waals surface area contributed by atoms with E-state index in [9.17, 15) is 0 Å². The van der Waals surface area contributed by atoms with Gasteiger partial charge in [-0.25, -0.2) is 0 Å². The minimum absolute atomic E-state index is 0.110.